The van der Waals surface area contributed by atoms with Gasteiger partial charge >= 0.3 is 5.97 Å². The molecule has 1 rings (SSSR count). The molecular weight excluding hydrogens is 268 g/mol. The number of carbonyl (C=O) groups excluding carboxylic acids is 1. The molecule has 0 spiro atoms. The van der Waals surface area contributed by atoms with Gasteiger partial charge in [0.25, 0.3) is 0 Å². The van der Waals surface area contributed by atoms with Gasteiger partial charge in [-0.05, 0) is 47.1 Å². The zero-order valence-corrected chi connectivity index (χ0v) is 14.4. The maximum absolute atomic E-state index is 12.2. The van der Waals surface area contributed by atoms with Crippen LogP contribution in [-0.2, 0) is 14.3 Å². The van der Waals surface area contributed by atoms with Crippen LogP contribution in [0.4, 0.5) is 0 Å². The highest BCUT2D eigenvalue weighted by atomic mass is 16.5. The van der Waals surface area contributed by atoms with Crippen molar-refractivity contribution in [2.75, 3.05) is 26.7 Å². The quantitative estimate of drug-likeness (QED) is 0.727. The minimum absolute atomic E-state index is 0.183. The summed E-state index contributed by atoms with van der Waals surface area (Å²) in [4.78, 5) is 14.6. The summed E-state index contributed by atoms with van der Waals surface area (Å²) < 4.78 is 10.8. The van der Waals surface area contributed by atoms with Gasteiger partial charge in [0.15, 0.2) is 0 Å². The number of carbonyl (C=O) groups is 1. The van der Waals surface area contributed by atoms with Gasteiger partial charge in [0.2, 0.25) is 0 Å². The average Bonchev–Trinajstić information content (AvgIpc) is 2.43. The lowest BCUT2D eigenvalue weighted by Crippen LogP contribution is -2.56. The van der Waals surface area contributed by atoms with Crippen molar-refractivity contribution in [2.45, 2.75) is 71.2 Å². The monoisotopic (exact) mass is 300 g/mol. The highest BCUT2D eigenvalue weighted by molar-refractivity contribution is 5.80. The van der Waals surface area contributed by atoms with Crippen LogP contribution < -0.4 is 5.32 Å². The van der Waals surface area contributed by atoms with Crippen molar-refractivity contribution in [3.8, 4) is 0 Å². The number of morpholine rings is 1. The summed E-state index contributed by atoms with van der Waals surface area (Å²) in [5.74, 6) is -0.183. The molecule has 124 valence electrons. The van der Waals surface area contributed by atoms with E-state index in [-0.39, 0.29) is 18.2 Å². The third kappa shape index (κ3) is 5.24. The van der Waals surface area contributed by atoms with Crippen LogP contribution in [0.5, 0.6) is 0 Å². The molecule has 1 saturated heterocycles. The van der Waals surface area contributed by atoms with Crippen molar-refractivity contribution >= 4 is 5.97 Å². The number of rotatable bonds is 7. The van der Waals surface area contributed by atoms with E-state index in [2.05, 4.69) is 37.9 Å². The van der Waals surface area contributed by atoms with Crippen molar-refractivity contribution in [3.05, 3.63) is 0 Å². The van der Waals surface area contributed by atoms with E-state index in [0.717, 1.165) is 32.5 Å². The fraction of sp³-hybridized carbons (Fsp3) is 0.938. The summed E-state index contributed by atoms with van der Waals surface area (Å²) in [7, 11) is 1.46. The minimum Gasteiger partial charge on any atom is -0.468 e. The van der Waals surface area contributed by atoms with Gasteiger partial charge in [0.1, 0.15) is 5.54 Å². The number of esters is 1. The van der Waals surface area contributed by atoms with Gasteiger partial charge in [0.05, 0.1) is 19.3 Å². The van der Waals surface area contributed by atoms with Crippen molar-refractivity contribution in [1.82, 2.24) is 10.2 Å². The third-order valence-corrected chi connectivity index (χ3v) is 4.18. The maximum atomic E-state index is 12.2. The first-order valence-electron chi connectivity index (χ1n) is 8.05. The first-order chi connectivity index (χ1) is 9.82. The third-order valence-electron chi connectivity index (χ3n) is 4.18. The van der Waals surface area contributed by atoms with Crippen LogP contribution in [0.2, 0.25) is 0 Å². The highest BCUT2D eigenvalue weighted by Gasteiger charge is 2.37. The van der Waals surface area contributed by atoms with Crippen molar-refractivity contribution in [1.29, 1.82) is 0 Å². The molecule has 4 atom stereocenters. The topological polar surface area (TPSA) is 50.8 Å². The van der Waals surface area contributed by atoms with Crippen molar-refractivity contribution in [2.24, 2.45) is 0 Å². The van der Waals surface area contributed by atoms with Gasteiger partial charge in [-0.2, -0.15) is 0 Å². The summed E-state index contributed by atoms with van der Waals surface area (Å²) >= 11 is 0. The molecule has 0 aromatic carbocycles. The van der Waals surface area contributed by atoms with E-state index in [9.17, 15) is 4.79 Å². The first-order valence-corrected chi connectivity index (χ1v) is 8.05. The van der Waals surface area contributed by atoms with E-state index in [0.29, 0.717) is 6.04 Å². The molecule has 4 unspecified atom stereocenters. The van der Waals surface area contributed by atoms with Gasteiger partial charge in [-0.1, -0.05) is 6.92 Å². The Hall–Kier alpha value is -0.650. The van der Waals surface area contributed by atoms with E-state index in [1.807, 2.05) is 6.92 Å². The molecule has 0 bridgehead atoms. The van der Waals surface area contributed by atoms with Crippen LogP contribution >= 0.6 is 0 Å². The predicted molar refractivity (Wildman–Crippen MR) is 84.4 cm³/mol. The molecule has 1 aliphatic rings. The van der Waals surface area contributed by atoms with Crippen molar-refractivity contribution < 1.29 is 14.3 Å². The van der Waals surface area contributed by atoms with Crippen LogP contribution in [0.1, 0.15) is 47.5 Å². The summed E-state index contributed by atoms with van der Waals surface area (Å²) in [5, 5.41) is 3.36. The molecular formula is C16H32N2O3. The Kier molecular flexibility index (Phi) is 7.10. The minimum atomic E-state index is -0.630. The molecule has 21 heavy (non-hydrogen) atoms. The molecule has 0 aliphatic carbocycles. The van der Waals surface area contributed by atoms with E-state index < -0.39 is 5.54 Å². The van der Waals surface area contributed by atoms with Crippen LogP contribution in [0.3, 0.4) is 0 Å². The molecule has 0 aromatic rings. The van der Waals surface area contributed by atoms with Gasteiger partial charge in [0, 0.05) is 19.1 Å². The first kappa shape index (κ1) is 18.4. The average molecular weight is 300 g/mol. The molecule has 5 nitrogen and oxygen atoms in total. The number of nitrogens with zero attached hydrogens (tertiary/aromatic N) is 1. The molecule has 1 N–H and O–H groups in total. The summed E-state index contributed by atoms with van der Waals surface area (Å²) in [6, 6.07) is 0.298. The summed E-state index contributed by atoms with van der Waals surface area (Å²) in [6.45, 7) is 13.1. The second-order valence-corrected chi connectivity index (χ2v) is 6.51. The number of hydrogen-bond acceptors (Lipinski definition) is 5. The molecule has 1 fully saturated rings. The van der Waals surface area contributed by atoms with E-state index >= 15 is 0 Å². The van der Waals surface area contributed by atoms with Gasteiger partial charge in [-0.25, -0.2) is 0 Å². The number of nitrogens with one attached hydrogen (secondary N) is 1. The normalized spacial score (nSPS) is 27.9. The largest absolute Gasteiger partial charge is 0.468 e. The maximum Gasteiger partial charge on any atom is 0.325 e. The Morgan fingerprint density at radius 3 is 2.48 bits per heavy atom. The molecule has 0 saturated carbocycles. The smallest absolute Gasteiger partial charge is 0.325 e. The number of ether oxygens (including phenoxy) is 2. The SMILES string of the molecule is CCCNC(C)(CC(C)N1CC(C)OC(C)C1)C(=O)OC. The van der Waals surface area contributed by atoms with Crippen LogP contribution in [0, 0.1) is 0 Å². The van der Waals surface area contributed by atoms with E-state index in [1.165, 1.54) is 7.11 Å². The molecule has 1 aliphatic heterocycles. The van der Waals surface area contributed by atoms with E-state index in [1.54, 1.807) is 0 Å². The lowest BCUT2D eigenvalue weighted by Gasteiger charge is -2.41. The molecule has 1 heterocycles. The molecule has 0 amide bonds. The van der Waals surface area contributed by atoms with Crippen molar-refractivity contribution in [3.63, 3.8) is 0 Å². The lowest BCUT2D eigenvalue weighted by molar-refractivity contribution is -0.149. The molecule has 0 radical (unpaired) electrons. The zero-order chi connectivity index (χ0) is 16.0. The standard InChI is InChI=1S/C16H32N2O3/c1-7-8-17-16(5,15(19)20-6)9-12(2)18-10-13(3)21-14(4)11-18/h12-14,17H,7-11H2,1-6H3. The molecule has 0 aromatic heterocycles. The second kappa shape index (κ2) is 8.11. The van der Waals surface area contributed by atoms with Gasteiger partial charge in [-0.15, -0.1) is 0 Å². The molecule has 5 heteroatoms. The lowest BCUT2D eigenvalue weighted by atomic mass is 9.92. The Labute approximate surface area is 129 Å². The fourth-order valence-electron chi connectivity index (χ4n) is 3.15. The number of hydrogen-bond donors (Lipinski definition) is 1. The van der Waals surface area contributed by atoms with Crippen LogP contribution in [-0.4, -0.2) is 61.4 Å². The van der Waals surface area contributed by atoms with Crippen LogP contribution in [0.25, 0.3) is 0 Å². The Morgan fingerprint density at radius 1 is 1.43 bits per heavy atom. The Bertz CT molecular complexity index is 327. The van der Waals surface area contributed by atoms with Gasteiger partial charge < -0.3 is 14.8 Å². The van der Waals surface area contributed by atoms with Gasteiger partial charge in [-0.3, -0.25) is 9.69 Å². The fourth-order valence-corrected chi connectivity index (χ4v) is 3.15. The van der Waals surface area contributed by atoms with E-state index in [4.69, 9.17) is 9.47 Å². The summed E-state index contributed by atoms with van der Waals surface area (Å²) in [5.41, 5.74) is -0.630. The zero-order valence-electron chi connectivity index (χ0n) is 14.4. The second-order valence-electron chi connectivity index (χ2n) is 6.51. The Morgan fingerprint density at radius 2 is 2.00 bits per heavy atom. The predicted octanol–water partition coefficient (Wildman–Crippen LogP) is 1.81. The summed E-state index contributed by atoms with van der Waals surface area (Å²) in [6.07, 6.45) is 2.21. The highest BCUT2D eigenvalue weighted by Crippen LogP contribution is 2.21. The van der Waals surface area contributed by atoms with Crippen LogP contribution in [0.15, 0.2) is 0 Å². The Balaban J connectivity index is 2.70. The number of methoxy groups -OCH3 is 1.